The highest BCUT2D eigenvalue weighted by molar-refractivity contribution is 5.92. The Morgan fingerprint density at radius 2 is 2.00 bits per heavy atom. The summed E-state index contributed by atoms with van der Waals surface area (Å²) in [7, 11) is 1.66. The van der Waals surface area contributed by atoms with E-state index in [1.165, 1.54) is 24.0 Å². The molecule has 3 rings (SSSR count). The molecule has 0 amide bonds. The predicted molar refractivity (Wildman–Crippen MR) is 90.4 cm³/mol. The topological polar surface area (TPSA) is 59.6 Å². The van der Waals surface area contributed by atoms with E-state index >= 15 is 0 Å². The number of hydrogen-bond donors (Lipinski definition) is 2. The van der Waals surface area contributed by atoms with Crippen molar-refractivity contribution in [2.45, 2.75) is 25.8 Å². The molecule has 0 saturated carbocycles. The number of aliphatic imine (C=N–C) groups is 1. The van der Waals surface area contributed by atoms with Gasteiger partial charge in [-0.2, -0.15) is 0 Å². The highest BCUT2D eigenvalue weighted by Crippen LogP contribution is 2.24. The molecule has 114 valence electrons. The maximum atomic E-state index is 5.99. The average molecular weight is 295 g/mol. The number of rotatable bonds is 4. The van der Waals surface area contributed by atoms with Crippen molar-refractivity contribution in [3.63, 3.8) is 0 Å². The lowest BCUT2D eigenvalue weighted by molar-refractivity contribution is 0.410. The van der Waals surface area contributed by atoms with Gasteiger partial charge in [-0.1, -0.05) is 24.3 Å². The van der Waals surface area contributed by atoms with Gasteiger partial charge in [0.05, 0.1) is 13.7 Å². The molecule has 1 aliphatic rings. The predicted octanol–water partition coefficient (Wildman–Crippen LogP) is 3.11. The van der Waals surface area contributed by atoms with E-state index in [2.05, 4.69) is 28.5 Å². The number of aryl methyl sites for hydroxylation is 2. The fraction of sp³-hybridized carbons (Fsp3) is 0.278. The largest absolute Gasteiger partial charge is 0.496 e. The highest BCUT2D eigenvalue weighted by atomic mass is 16.5. The fourth-order valence-electron chi connectivity index (χ4n) is 2.84. The molecule has 0 aromatic heterocycles. The number of nitrogens with zero attached hydrogens (tertiary/aromatic N) is 1. The minimum Gasteiger partial charge on any atom is -0.496 e. The lowest BCUT2D eigenvalue weighted by Crippen LogP contribution is -2.22. The van der Waals surface area contributed by atoms with Gasteiger partial charge in [0.1, 0.15) is 5.75 Å². The van der Waals surface area contributed by atoms with Crippen LogP contribution in [0, 0.1) is 0 Å². The average Bonchev–Trinajstić information content (AvgIpc) is 3.01. The van der Waals surface area contributed by atoms with Crippen molar-refractivity contribution < 1.29 is 4.74 Å². The van der Waals surface area contributed by atoms with Crippen molar-refractivity contribution in [1.29, 1.82) is 0 Å². The summed E-state index contributed by atoms with van der Waals surface area (Å²) in [5, 5.41) is 3.17. The van der Waals surface area contributed by atoms with Crippen LogP contribution in [0.1, 0.15) is 23.1 Å². The van der Waals surface area contributed by atoms with Crippen molar-refractivity contribution >= 4 is 11.6 Å². The number of nitrogens with one attached hydrogen (secondary N) is 1. The Hall–Kier alpha value is -2.49. The van der Waals surface area contributed by atoms with E-state index in [1.807, 2.05) is 24.3 Å². The number of ether oxygens (including phenoxy) is 1. The zero-order valence-corrected chi connectivity index (χ0v) is 12.8. The van der Waals surface area contributed by atoms with Crippen molar-refractivity contribution in [1.82, 2.24) is 0 Å². The molecule has 0 saturated heterocycles. The molecule has 2 aromatic carbocycles. The first-order valence-corrected chi connectivity index (χ1v) is 7.57. The number of guanidine groups is 1. The summed E-state index contributed by atoms with van der Waals surface area (Å²) in [6.45, 7) is 0.494. The highest BCUT2D eigenvalue weighted by Gasteiger charge is 2.10. The molecule has 3 N–H and O–H groups in total. The summed E-state index contributed by atoms with van der Waals surface area (Å²) >= 11 is 0. The second kappa shape index (κ2) is 6.52. The summed E-state index contributed by atoms with van der Waals surface area (Å²) in [5.74, 6) is 1.25. The lowest BCUT2D eigenvalue weighted by atomic mass is 10.1. The van der Waals surface area contributed by atoms with Gasteiger partial charge in [0.15, 0.2) is 5.96 Å². The first kappa shape index (κ1) is 14.4. The van der Waals surface area contributed by atoms with Crippen molar-refractivity contribution in [2.75, 3.05) is 12.4 Å². The van der Waals surface area contributed by atoms with Crippen LogP contribution in [0.4, 0.5) is 5.69 Å². The van der Waals surface area contributed by atoms with E-state index in [-0.39, 0.29) is 0 Å². The zero-order valence-electron chi connectivity index (χ0n) is 12.8. The third kappa shape index (κ3) is 3.22. The number of hydrogen-bond acceptors (Lipinski definition) is 2. The zero-order chi connectivity index (χ0) is 15.4. The lowest BCUT2D eigenvalue weighted by Gasteiger charge is -2.09. The summed E-state index contributed by atoms with van der Waals surface area (Å²) in [4.78, 5) is 4.40. The van der Waals surface area contributed by atoms with Crippen LogP contribution in [0.2, 0.25) is 0 Å². The minimum absolute atomic E-state index is 0.420. The Labute approximate surface area is 131 Å². The smallest absolute Gasteiger partial charge is 0.193 e. The number of anilines is 1. The van der Waals surface area contributed by atoms with Gasteiger partial charge in [0.25, 0.3) is 0 Å². The molecule has 0 atom stereocenters. The van der Waals surface area contributed by atoms with Crippen molar-refractivity contribution in [3.8, 4) is 5.75 Å². The molecule has 4 nitrogen and oxygen atoms in total. The first-order valence-electron chi connectivity index (χ1n) is 7.57. The summed E-state index contributed by atoms with van der Waals surface area (Å²) in [5.41, 5.74) is 10.9. The summed E-state index contributed by atoms with van der Waals surface area (Å²) in [6, 6.07) is 14.2. The maximum Gasteiger partial charge on any atom is 0.193 e. The van der Waals surface area contributed by atoms with Crippen LogP contribution in [0.25, 0.3) is 0 Å². The van der Waals surface area contributed by atoms with E-state index < -0.39 is 0 Å². The minimum atomic E-state index is 0.420. The number of para-hydroxylation sites is 1. The number of nitrogens with two attached hydrogens (primary N) is 1. The molecule has 4 heteroatoms. The maximum absolute atomic E-state index is 5.99. The van der Waals surface area contributed by atoms with Crippen LogP contribution >= 0.6 is 0 Å². The van der Waals surface area contributed by atoms with E-state index in [1.54, 1.807) is 7.11 Å². The van der Waals surface area contributed by atoms with Crippen molar-refractivity contribution in [2.24, 2.45) is 10.7 Å². The molecule has 0 spiro atoms. The van der Waals surface area contributed by atoms with Gasteiger partial charge in [0.2, 0.25) is 0 Å². The molecule has 1 aliphatic carbocycles. The molecule has 0 aliphatic heterocycles. The molecular formula is C18H21N3O. The van der Waals surface area contributed by atoms with Gasteiger partial charge in [-0.25, -0.2) is 4.99 Å². The van der Waals surface area contributed by atoms with Crippen molar-refractivity contribution in [3.05, 3.63) is 59.2 Å². The van der Waals surface area contributed by atoms with E-state index in [0.29, 0.717) is 12.5 Å². The van der Waals surface area contributed by atoms with Crippen LogP contribution in [0.3, 0.4) is 0 Å². The Morgan fingerprint density at radius 3 is 2.86 bits per heavy atom. The summed E-state index contributed by atoms with van der Waals surface area (Å²) < 4.78 is 5.32. The van der Waals surface area contributed by atoms with Gasteiger partial charge < -0.3 is 15.8 Å². The van der Waals surface area contributed by atoms with Gasteiger partial charge in [-0.3, -0.25) is 0 Å². The first-order chi connectivity index (χ1) is 10.8. The molecule has 0 radical (unpaired) electrons. The van der Waals surface area contributed by atoms with Gasteiger partial charge >= 0.3 is 0 Å². The molecule has 0 fully saturated rings. The summed E-state index contributed by atoms with van der Waals surface area (Å²) in [6.07, 6.45) is 3.59. The van der Waals surface area contributed by atoms with E-state index in [0.717, 1.165) is 23.4 Å². The van der Waals surface area contributed by atoms with Crippen LogP contribution in [0.5, 0.6) is 5.75 Å². The SMILES string of the molecule is COc1ccccc1CN=C(N)Nc1ccc2c(c1)CCC2. The van der Waals surface area contributed by atoms with Crippen LogP contribution in [0.15, 0.2) is 47.5 Å². The molecule has 0 heterocycles. The monoisotopic (exact) mass is 295 g/mol. The molecule has 0 unspecified atom stereocenters. The Kier molecular flexibility index (Phi) is 4.28. The third-order valence-electron chi connectivity index (χ3n) is 3.98. The number of fused-ring (bicyclic) bond motifs is 1. The fourth-order valence-corrected chi connectivity index (χ4v) is 2.84. The Morgan fingerprint density at radius 1 is 1.18 bits per heavy atom. The van der Waals surface area contributed by atoms with E-state index in [4.69, 9.17) is 10.5 Å². The number of benzene rings is 2. The quantitative estimate of drug-likeness (QED) is 0.673. The van der Waals surface area contributed by atoms with Crippen LogP contribution < -0.4 is 15.8 Å². The van der Waals surface area contributed by atoms with E-state index in [9.17, 15) is 0 Å². The second-order valence-electron chi connectivity index (χ2n) is 5.48. The van der Waals surface area contributed by atoms with Gasteiger partial charge in [-0.05, 0) is 48.6 Å². The molecular weight excluding hydrogens is 274 g/mol. The van der Waals surface area contributed by atoms with Gasteiger partial charge in [-0.15, -0.1) is 0 Å². The second-order valence-corrected chi connectivity index (χ2v) is 5.48. The van der Waals surface area contributed by atoms with Crippen LogP contribution in [-0.2, 0) is 19.4 Å². The van der Waals surface area contributed by atoms with Gasteiger partial charge in [0, 0.05) is 11.3 Å². The van der Waals surface area contributed by atoms with Crippen LogP contribution in [-0.4, -0.2) is 13.1 Å². The third-order valence-corrected chi connectivity index (χ3v) is 3.98. The Balaban J connectivity index is 1.67. The molecule has 22 heavy (non-hydrogen) atoms. The Bertz CT molecular complexity index is 694. The molecule has 2 aromatic rings. The standard InChI is InChI=1S/C18H21N3O/c1-22-17-8-3-2-5-15(17)12-20-18(19)21-16-10-9-13-6-4-7-14(13)11-16/h2-3,5,8-11H,4,6-7,12H2,1H3,(H3,19,20,21). The normalized spacial score (nSPS) is 13.8. The number of methoxy groups -OCH3 is 1. The molecule has 0 bridgehead atoms.